The minimum Gasteiger partial charge on any atom is -0.348 e. The SMILES string of the molecule is C[C@H](C(=O)NC1CCCCC1)[NH+]1CCN(S(=O)(=O)c2ccccc2F)CC1. The van der Waals surface area contributed by atoms with Gasteiger partial charge in [0.05, 0.1) is 26.2 Å². The lowest BCUT2D eigenvalue weighted by molar-refractivity contribution is -0.917. The summed E-state index contributed by atoms with van der Waals surface area (Å²) in [5.74, 6) is -0.685. The highest BCUT2D eigenvalue weighted by Gasteiger charge is 2.35. The number of carbonyl (C=O) groups excluding carboxylic acids is 1. The van der Waals surface area contributed by atoms with Crippen LogP contribution in [-0.4, -0.2) is 56.9 Å². The van der Waals surface area contributed by atoms with Crippen molar-refractivity contribution >= 4 is 15.9 Å². The van der Waals surface area contributed by atoms with E-state index < -0.39 is 15.8 Å². The summed E-state index contributed by atoms with van der Waals surface area (Å²) < 4.78 is 40.6. The maximum atomic E-state index is 13.9. The van der Waals surface area contributed by atoms with Crippen LogP contribution in [0.15, 0.2) is 29.2 Å². The first-order chi connectivity index (χ1) is 12.9. The number of hydrogen-bond donors (Lipinski definition) is 2. The Morgan fingerprint density at radius 2 is 1.81 bits per heavy atom. The van der Waals surface area contributed by atoms with Gasteiger partial charge in [-0.3, -0.25) is 4.79 Å². The molecular formula is C19H29FN3O3S+. The minimum atomic E-state index is -3.84. The summed E-state index contributed by atoms with van der Waals surface area (Å²) in [4.78, 5) is 13.3. The molecule has 6 nitrogen and oxygen atoms in total. The summed E-state index contributed by atoms with van der Waals surface area (Å²) in [6.07, 6.45) is 5.66. The Bertz CT molecular complexity index is 757. The molecule has 0 aromatic heterocycles. The van der Waals surface area contributed by atoms with Crippen molar-refractivity contribution < 1.29 is 22.5 Å². The first kappa shape index (κ1) is 20.2. The minimum absolute atomic E-state index is 0.0438. The van der Waals surface area contributed by atoms with E-state index in [0.717, 1.165) is 23.8 Å². The average Bonchev–Trinajstić information content (AvgIpc) is 2.68. The topological polar surface area (TPSA) is 70.9 Å². The lowest BCUT2D eigenvalue weighted by Crippen LogP contribution is -3.19. The molecule has 150 valence electrons. The van der Waals surface area contributed by atoms with Crippen molar-refractivity contribution in [1.29, 1.82) is 0 Å². The maximum Gasteiger partial charge on any atom is 0.278 e. The van der Waals surface area contributed by atoms with Crippen LogP contribution in [0.5, 0.6) is 0 Å². The third-order valence-electron chi connectivity index (χ3n) is 5.78. The molecule has 1 atom stereocenters. The number of amides is 1. The van der Waals surface area contributed by atoms with E-state index in [2.05, 4.69) is 5.32 Å². The number of halogens is 1. The van der Waals surface area contributed by atoms with E-state index in [4.69, 9.17) is 0 Å². The zero-order valence-corrected chi connectivity index (χ0v) is 16.6. The first-order valence-electron chi connectivity index (χ1n) is 9.79. The summed E-state index contributed by atoms with van der Waals surface area (Å²) in [6, 6.07) is 5.51. The lowest BCUT2D eigenvalue weighted by atomic mass is 9.95. The van der Waals surface area contributed by atoms with Gasteiger partial charge in [0.25, 0.3) is 5.91 Å². The quantitative estimate of drug-likeness (QED) is 0.761. The van der Waals surface area contributed by atoms with E-state index in [1.807, 2.05) is 6.92 Å². The Labute approximate surface area is 160 Å². The second-order valence-corrected chi connectivity index (χ2v) is 9.46. The molecule has 8 heteroatoms. The number of quaternary nitrogens is 1. The largest absolute Gasteiger partial charge is 0.348 e. The third-order valence-corrected chi connectivity index (χ3v) is 7.71. The molecule has 2 fully saturated rings. The van der Waals surface area contributed by atoms with Gasteiger partial charge in [0.15, 0.2) is 6.04 Å². The number of piperazine rings is 1. The Morgan fingerprint density at radius 1 is 1.19 bits per heavy atom. The van der Waals surface area contributed by atoms with E-state index in [1.54, 1.807) is 0 Å². The zero-order valence-electron chi connectivity index (χ0n) is 15.8. The van der Waals surface area contributed by atoms with E-state index in [9.17, 15) is 17.6 Å². The molecule has 2 N–H and O–H groups in total. The fourth-order valence-electron chi connectivity index (χ4n) is 4.00. The molecule has 0 bridgehead atoms. The van der Waals surface area contributed by atoms with Crippen molar-refractivity contribution in [3.05, 3.63) is 30.1 Å². The van der Waals surface area contributed by atoms with Crippen LogP contribution >= 0.6 is 0 Å². The van der Waals surface area contributed by atoms with E-state index >= 15 is 0 Å². The fraction of sp³-hybridized carbons (Fsp3) is 0.632. The van der Waals surface area contributed by atoms with Gasteiger partial charge >= 0.3 is 0 Å². The van der Waals surface area contributed by atoms with Crippen molar-refractivity contribution in [3.63, 3.8) is 0 Å². The normalized spacial score (nSPS) is 21.7. The number of hydrogen-bond acceptors (Lipinski definition) is 3. The standard InChI is InChI=1S/C19H28FN3O3S/c1-15(19(24)21-16-7-3-2-4-8-16)22-11-13-23(14-12-22)27(25,26)18-10-6-5-9-17(18)20/h5-6,9-10,15-16H,2-4,7-8,11-14H2,1H3,(H,21,24)/p+1/t15-/m1/s1. The molecule has 1 aliphatic carbocycles. The Balaban J connectivity index is 1.56. The van der Waals surface area contributed by atoms with Crippen LogP contribution in [0.3, 0.4) is 0 Å². The molecule has 3 rings (SSSR count). The number of benzene rings is 1. The van der Waals surface area contributed by atoms with Gasteiger partial charge in [-0.25, -0.2) is 12.8 Å². The van der Waals surface area contributed by atoms with Gasteiger partial charge in [-0.2, -0.15) is 4.31 Å². The van der Waals surface area contributed by atoms with Gasteiger partial charge in [0.1, 0.15) is 10.7 Å². The van der Waals surface area contributed by atoms with Crippen LogP contribution in [0.4, 0.5) is 4.39 Å². The van der Waals surface area contributed by atoms with Crippen LogP contribution in [-0.2, 0) is 14.8 Å². The van der Waals surface area contributed by atoms with Crippen LogP contribution < -0.4 is 10.2 Å². The van der Waals surface area contributed by atoms with Crippen molar-refractivity contribution in [1.82, 2.24) is 9.62 Å². The summed E-state index contributed by atoms with van der Waals surface area (Å²) in [5, 5.41) is 3.15. The first-order valence-corrected chi connectivity index (χ1v) is 11.2. The molecule has 1 heterocycles. The van der Waals surface area contributed by atoms with Gasteiger partial charge in [0.2, 0.25) is 10.0 Å². The van der Waals surface area contributed by atoms with Crippen molar-refractivity contribution in [2.24, 2.45) is 0 Å². The molecule has 1 amide bonds. The van der Waals surface area contributed by atoms with Gasteiger partial charge in [0, 0.05) is 6.04 Å². The Kier molecular flexibility index (Phi) is 6.49. The zero-order chi connectivity index (χ0) is 19.4. The Hall–Kier alpha value is -1.51. The molecule has 2 aliphatic rings. The van der Waals surface area contributed by atoms with Crippen LogP contribution in [0, 0.1) is 5.82 Å². The smallest absolute Gasteiger partial charge is 0.278 e. The predicted molar refractivity (Wildman–Crippen MR) is 100 cm³/mol. The summed E-state index contributed by atoms with van der Waals surface area (Å²) in [7, 11) is -3.84. The predicted octanol–water partition coefficient (Wildman–Crippen LogP) is 0.552. The molecule has 1 saturated heterocycles. The summed E-state index contributed by atoms with van der Waals surface area (Å²) >= 11 is 0. The van der Waals surface area contributed by atoms with Gasteiger partial charge in [-0.05, 0) is 31.9 Å². The molecular weight excluding hydrogens is 369 g/mol. The number of carbonyl (C=O) groups is 1. The molecule has 0 radical (unpaired) electrons. The molecule has 1 aliphatic heterocycles. The van der Waals surface area contributed by atoms with Crippen LogP contribution in [0.25, 0.3) is 0 Å². The van der Waals surface area contributed by atoms with E-state index in [-0.39, 0.29) is 36.0 Å². The summed E-state index contributed by atoms with van der Waals surface area (Å²) in [5.41, 5.74) is 0. The highest BCUT2D eigenvalue weighted by molar-refractivity contribution is 7.89. The maximum absolute atomic E-state index is 13.9. The van der Waals surface area contributed by atoms with Crippen LogP contribution in [0.2, 0.25) is 0 Å². The molecule has 0 unspecified atom stereocenters. The lowest BCUT2D eigenvalue weighted by Gasteiger charge is -2.35. The van der Waals surface area contributed by atoms with Crippen molar-refractivity contribution in [3.8, 4) is 0 Å². The number of nitrogens with zero attached hydrogens (tertiary/aromatic N) is 1. The molecule has 1 aromatic rings. The van der Waals surface area contributed by atoms with Crippen molar-refractivity contribution in [2.75, 3.05) is 26.2 Å². The van der Waals surface area contributed by atoms with E-state index in [1.165, 1.54) is 41.8 Å². The number of sulfonamides is 1. The highest BCUT2D eigenvalue weighted by atomic mass is 32.2. The average molecular weight is 399 g/mol. The second-order valence-electron chi connectivity index (χ2n) is 7.56. The van der Waals surface area contributed by atoms with Gasteiger partial charge in [-0.15, -0.1) is 0 Å². The van der Waals surface area contributed by atoms with Crippen LogP contribution in [0.1, 0.15) is 39.0 Å². The molecule has 27 heavy (non-hydrogen) atoms. The van der Waals surface area contributed by atoms with Gasteiger partial charge in [-0.1, -0.05) is 31.4 Å². The van der Waals surface area contributed by atoms with Crippen molar-refractivity contribution in [2.45, 2.75) is 56.0 Å². The number of rotatable bonds is 5. The summed E-state index contributed by atoms with van der Waals surface area (Å²) in [6.45, 7) is 3.54. The third kappa shape index (κ3) is 4.67. The monoisotopic (exact) mass is 398 g/mol. The van der Waals surface area contributed by atoms with E-state index in [0.29, 0.717) is 13.1 Å². The molecule has 1 aromatic carbocycles. The number of nitrogens with one attached hydrogen (secondary N) is 2. The van der Waals surface area contributed by atoms with Gasteiger partial charge < -0.3 is 10.2 Å². The Morgan fingerprint density at radius 3 is 2.44 bits per heavy atom. The second kappa shape index (κ2) is 8.67. The molecule has 0 spiro atoms. The highest BCUT2D eigenvalue weighted by Crippen LogP contribution is 2.19. The fourth-order valence-corrected chi connectivity index (χ4v) is 5.50. The molecule has 1 saturated carbocycles.